The minimum Gasteiger partial charge on any atom is -0.483 e. The molecule has 0 radical (unpaired) electrons. The summed E-state index contributed by atoms with van der Waals surface area (Å²) in [5.41, 5.74) is 1.10. The van der Waals surface area contributed by atoms with Gasteiger partial charge in [0, 0.05) is 58.0 Å². The molecule has 1 amide bonds. The van der Waals surface area contributed by atoms with Crippen LogP contribution in [0.15, 0.2) is 36.9 Å². The van der Waals surface area contributed by atoms with E-state index in [4.69, 9.17) is 9.90 Å². The summed E-state index contributed by atoms with van der Waals surface area (Å²) in [5.74, 6) is 1.21. The highest BCUT2D eigenvalue weighted by atomic mass is 16.3. The molecule has 1 atom stereocenters. The van der Waals surface area contributed by atoms with Crippen molar-refractivity contribution in [2.45, 2.75) is 38.3 Å². The zero-order chi connectivity index (χ0) is 22.3. The Balaban J connectivity index is 0.000000858. The van der Waals surface area contributed by atoms with Crippen LogP contribution in [0.2, 0.25) is 0 Å². The van der Waals surface area contributed by atoms with Gasteiger partial charge in [0.1, 0.15) is 5.82 Å². The van der Waals surface area contributed by atoms with Gasteiger partial charge in [0.05, 0.1) is 19.1 Å². The lowest BCUT2D eigenvalue weighted by atomic mass is 9.71. The Kier molecular flexibility index (Phi) is 7.75. The molecule has 9 nitrogen and oxygen atoms in total. The zero-order valence-electron chi connectivity index (χ0n) is 17.9. The molecule has 2 N–H and O–H groups in total. The second-order valence-electron chi connectivity index (χ2n) is 8.50. The molecule has 2 aliphatic heterocycles. The van der Waals surface area contributed by atoms with Crippen molar-refractivity contribution in [3.63, 3.8) is 0 Å². The van der Waals surface area contributed by atoms with Crippen molar-refractivity contribution in [1.29, 1.82) is 0 Å². The normalized spacial score (nSPS) is 20.7. The molecule has 2 aromatic heterocycles. The fraction of sp³-hybridized carbons (Fsp3) is 0.545. The van der Waals surface area contributed by atoms with Crippen LogP contribution in [-0.2, 0) is 29.6 Å². The number of piperidine rings is 2. The zero-order valence-corrected chi connectivity index (χ0v) is 17.9. The molecule has 1 unspecified atom stereocenters. The Hall–Kier alpha value is -2.78. The van der Waals surface area contributed by atoms with Crippen molar-refractivity contribution in [3.8, 4) is 0 Å². The summed E-state index contributed by atoms with van der Waals surface area (Å²) in [6.45, 7) is 3.70. The lowest BCUT2D eigenvalue weighted by Gasteiger charge is -2.49. The van der Waals surface area contributed by atoms with Gasteiger partial charge in [0.25, 0.3) is 6.47 Å². The van der Waals surface area contributed by atoms with Crippen molar-refractivity contribution in [2.24, 2.45) is 12.5 Å². The van der Waals surface area contributed by atoms with Gasteiger partial charge in [0.2, 0.25) is 5.91 Å². The second-order valence-corrected chi connectivity index (χ2v) is 8.50. The number of aliphatic hydroxyl groups excluding tert-OH is 1. The molecule has 9 heteroatoms. The minimum atomic E-state index is -0.312. The molecule has 0 saturated carbocycles. The monoisotopic (exact) mass is 429 g/mol. The summed E-state index contributed by atoms with van der Waals surface area (Å²) in [6, 6.07) is 3.80. The number of hydrogen-bond donors (Lipinski definition) is 2. The third-order valence-electron chi connectivity index (χ3n) is 6.26. The van der Waals surface area contributed by atoms with Crippen LogP contribution in [0.4, 0.5) is 0 Å². The van der Waals surface area contributed by atoms with Crippen molar-refractivity contribution < 1.29 is 19.8 Å². The molecular weight excluding hydrogens is 398 g/mol. The number of nitrogens with zero attached hydrogens (tertiary/aromatic N) is 5. The van der Waals surface area contributed by atoms with Crippen LogP contribution in [0.5, 0.6) is 0 Å². The minimum absolute atomic E-state index is 0.0935. The number of carbonyl (C=O) groups excluding carboxylic acids is 1. The number of pyridine rings is 1. The standard InChI is InChI=1S/C21H29N5O2.CH2O2/c1-24-11-8-23-19(24)15-25-14-18(27)13-21(16-25)4-9-26(10-5-21)20(28)12-17-2-6-22-7-3-17;2-1-3/h2-3,6-8,11,18,27H,4-5,9-10,12-16H2,1H3;1H,(H,2,3). The van der Waals surface area contributed by atoms with Crippen molar-refractivity contribution >= 4 is 12.4 Å². The number of rotatable bonds is 4. The van der Waals surface area contributed by atoms with Crippen LogP contribution in [-0.4, -0.2) is 79.2 Å². The van der Waals surface area contributed by atoms with E-state index in [1.165, 1.54) is 0 Å². The maximum atomic E-state index is 12.7. The van der Waals surface area contributed by atoms with Gasteiger partial charge in [-0.1, -0.05) is 0 Å². The number of aryl methyl sites for hydroxylation is 1. The second kappa shape index (κ2) is 10.5. The predicted octanol–water partition coefficient (Wildman–Crippen LogP) is 0.934. The summed E-state index contributed by atoms with van der Waals surface area (Å²) in [4.78, 5) is 33.8. The van der Waals surface area contributed by atoms with Crippen molar-refractivity contribution in [2.75, 3.05) is 26.2 Å². The summed E-state index contributed by atoms with van der Waals surface area (Å²) in [6.07, 6.45) is 10.1. The Morgan fingerprint density at radius 2 is 1.94 bits per heavy atom. The summed E-state index contributed by atoms with van der Waals surface area (Å²) in [5, 5.41) is 17.4. The number of aromatic nitrogens is 3. The Morgan fingerprint density at radius 1 is 1.26 bits per heavy atom. The molecule has 2 aliphatic rings. The Morgan fingerprint density at radius 3 is 2.55 bits per heavy atom. The SMILES string of the molecule is Cn1ccnc1CN1CC(O)CC2(CCN(C(=O)Cc3ccncc3)CC2)C1.O=CO. The van der Waals surface area contributed by atoms with E-state index in [-0.39, 0.29) is 23.9 Å². The molecule has 1 spiro atoms. The Labute approximate surface area is 182 Å². The summed E-state index contributed by atoms with van der Waals surface area (Å²) >= 11 is 0. The van der Waals surface area contributed by atoms with Gasteiger partial charge in [-0.15, -0.1) is 0 Å². The van der Waals surface area contributed by atoms with Crippen molar-refractivity contribution in [3.05, 3.63) is 48.3 Å². The first-order chi connectivity index (χ1) is 14.9. The first-order valence-electron chi connectivity index (χ1n) is 10.6. The molecule has 4 heterocycles. The molecule has 168 valence electrons. The molecule has 31 heavy (non-hydrogen) atoms. The van der Waals surface area contributed by atoms with Gasteiger partial charge >= 0.3 is 0 Å². The highest BCUT2D eigenvalue weighted by Gasteiger charge is 2.42. The predicted molar refractivity (Wildman–Crippen MR) is 114 cm³/mol. The highest BCUT2D eigenvalue weighted by Crippen LogP contribution is 2.40. The molecular formula is C22H31N5O4. The number of aliphatic hydroxyl groups is 1. The van der Waals surface area contributed by atoms with Crippen molar-refractivity contribution in [1.82, 2.24) is 24.3 Å². The first-order valence-corrected chi connectivity index (χ1v) is 10.6. The number of amides is 1. The van der Waals surface area contributed by atoms with Gasteiger partial charge in [0.15, 0.2) is 0 Å². The molecule has 2 saturated heterocycles. The maximum Gasteiger partial charge on any atom is 0.290 e. The third kappa shape index (κ3) is 6.11. The topological polar surface area (TPSA) is 112 Å². The lowest BCUT2D eigenvalue weighted by Crippen LogP contribution is -2.54. The largest absolute Gasteiger partial charge is 0.483 e. The molecule has 0 aliphatic carbocycles. The number of carbonyl (C=O) groups is 2. The number of carboxylic acid groups (broad SMARTS) is 1. The average Bonchev–Trinajstić information content (AvgIpc) is 3.13. The summed E-state index contributed by atoms with van der Waals surface area (Å²) in [7, 11) is 2.01. The van der Waals surface area contributed by atoms with E-state index in [2.05, 4.69) is 14.9 Å². The number of likely N-dealkylation sites (tertiary alicyclic amines) is 2. The van der Waals surface area contributed by atoms with Gasteiger partial charge in [-0.3, -0.25) is 19.5 Å². The van der Waals surface area contributed by atoms with Crippen LogP contribution < -0.4 is 0 Å². The molecule has 2 fully saturated rings. The van der Waals surface area contributed by atoms with E-state index >= 15 is 0 Å². The maximum absolute atomic E-state index is 12.7. The van der Waals surface area contributed by atoms with Gasteiger partial charge in [-0.25, -0.2) is 4.98 Å². The van der Waals surface area contributed by atoms with Crippen LogP contribution in [0, 0.1) is 5.41 Å². The number of hydrogen-bond acceptors (Lipinski definition) is 6. The highest BCUT2D eigenvalue weighted by molar-refractivity contribution is 5.78. The lowest BCUT2D eigenvalue weighted by molar-refractivity contribution is -0.134. The van der Waals surface area contributed by atoms with Crippen LogP contribution in [0.1, 0.15) is 30.7 Å². The quantitative estimate of drug-likeness (QED) is 0.696. The third-order valence-corrected chi connectivity index (χ3v) is 6.26. The van der Waals surface area contributed by atoms with Gasteiger partial charge in [-0.2, -0.15) is 0 Å². The van der Waals surface area contributed by atoms with E-state index < -0.39 is 0 Å². The number of β-amino-alcohol motifs (C(OH)–C–C–N with tert-alkyl or cyclic N) is 1. The Bertz CT molecular complexity index is 849. The average molecular weight is 430 g/mol. The van der Waals surface area contributed by atoms with E-state index in [0.717, 1.165) is 56.8 Å². The van der Waals surface area contributed by atoms with E-state index in [1.807, 2.05) is 41.0 Å². The van der Waals surface area contributed by atoms with Gasteiger partial charge < -0.3 is 19.7 Å². The molecule has 4 rings (SSSR count). The van der Waals surface area contributed by atoms with Crippen LogP contribution >= 0.6 is 0 Å². The van der Waals surface area contributed by atoms with E-state index in [1.54, 1.807) is 12.4 Å². The van der Waals surface area contributed by atoms with Crippen LogP contribution in [0.3, 0.4) is 0 Å². The molecule has 0 bridgehead atoms. The van der Waals surface area contributed by atoms with E-state index in [9.17, 15) is 9.90 Å². The molecule has 2 aromatic rings. The molecule has 0 aromatic carbocycles. The summed E-state index contributed by atoms with van der Waals surface area (Å²) < 4.78 is 2.04. The van der Waals surface area contributed by atoms with Crippen LogP contribution in [0.25, 0.3) is 0 Å². The fourth-order valence-electron chi connectivity index (χ4n) is 4.71. The van der Waals surface area contributed by atoms with Gasteiger partial charge in [-0.05, 0) is 42.4 Å². The number of imidazole rings is 1. The smallest absolute Gasteiger partial charge is 0.290 e. The first kappa shape index (κ1) is 22.9. The fourth-order valence-corrected chi connectivity index (χ4v) is 4.71. The van der Waals surface area contributed by atoms with E-state index in [0.29, 0.717) is 13.0 Å².